The van der Waals surface area contributed by atoms with Crippen molar-refractivity contribution in [3.63, 3.8) is 0 Å². The molecule has 0 fully saturated rings. The standard InChI is InChI=1S/C11H9ClN3O3P/c12-6-1-2-9-8(3-6)14-10(15(9)5-19-18)4-7(13)11(16)17/h1-3,7H,4,13H2,(H,16,17). The molecule has 0 radical (unpaired) electrons. The Morgan fingerprint density at radius 3 is 3.00 bits per heavy atom. The van der Waals surface area contributed by atoms with Crippen molar-refractivity contribution in [1.82, 2.24) is 9.55 Å². The molecule has 1 unspecified atom stereocenters. The molecular weight excluding hydrogens is 289 g/mol. The minimum absolute atomic E-state index is 0.00412. The molecule has 2 rings (SSSR count). The molecule has 0 saturated heterocycles. The summed E-state index contributed by atoms with van der Waals surface area (Å²) in [6.45, 7) is 0. The predicted octanol–water partition coefficient (Wildman–Crippen LogP) is 1.70. The molecule has 0 saturated carbocycles. The summed E-state index contributed by atoms with van der Waals surface area (Å²) in [5.74, 6) is 1.78. The molecule has 1 atom stereocenters. The van der Waals surface area contributed by atoms with Gasteiger partial charge in [0.15, 0.2) is 0 Å². The first-order chi connectivity index (χ1) is 9.02. The van der Waals surface area contributed by atoms with Crippen molar-refractivity contribution < 1.29 is 14.5 Å². The molecule has 1 aromatic heterocycles. The zero-order chi connectivity index (χ0) is 14.0. The van der Waals surface area contributed by atoms with Crippen LogP contribution in [0, 0.1) is 5.75 Å². The van der Waals surface area contributed by atoms with Crippen LogP contribution in [-0.2, 0) is 15.8 Å². The van der Waals surface area contributed by atoms with Crippen molar-refractivity contribution in [2.45, 2.75) is 12.5 Å². The number of nitrogens with two attached hydrogens (primary N) is 1. The number of hydrogen-bond donors (Lipinski definition) is 2. The third kappa shape index (κ3) is 2.88. The first-order valence-corrected chi connectivity index (χ1v) is 6.45. The van der Waals surface area contributed by atoms with E-state index in [2.05, 4.69) is 10.7 Å². The van der Waals surface area contributed by atoms with Gasteiger partial charge < -0.3 is 0 Å². The molecule has 6 nitrogen and oxygen atoms in total. The quantitative estimate of drug-likeness (QED) is 0.840. The van der Waals surface area contributed by atoms with E-state index in [4.69, 9.17) is 22.4 Å². The van der Waals surface area contributed by atoms with E-state index in [1.165, 1.54) is 4.57 Å². The third-order valence-corrected chi connectivity index (χ3v) is 3.06. The molecule has 0 amide bonds. The van der Waals surface area contributed by atoms with Gasteiger partial charge in [0, 0.05) is 0 Å². The van der Waals surface area contributed by atoms with E-state index in [-0.39, 0.29) is 14.3 Å². The number of rotatable bonds is 3. The van der Waals surface area contributed by atoms with Gasteiger partial charge >= 0.3 is 114 Å². The van der Waals surface area contributed by atoms with Crippen LogP contribution in [0.3, 0.4) is 0 Å². The van der Waals surface area contributed by atoms with Crippen molar-refractivity contribution in [3.05, 3.63) is 29.0 Å². The Kier molecular flexibility index (Phi) is 4.08. The number of imidazole rings is 1. The van der Waals surface area contributed by atoms with Crippen molar-refractivity contribution >= 4 is 36.5 Å². The van der Waals surface area contributed by atoms with Crippen LogP contribution in [-0.4, -0.2) is 26.7 Å². The average molecular weight is 298 g/mol. The summed E-state index contributed by atoms with van der Waals surface area (Å²) < 4.78 is 12.2. The number of aromatic nitrogens is 2. The maximum absolute atomic E-state index is 10.8. The van der Waals surface area contributed by atoms with Crippen LogP contribution in [0.15, 0.2) is 18.2 Å². The summed E-state index contributed by atoms with van der Waals surface area (Å²) in [4.78, 5) is 15.0. The first kappa shape index (κ1) is 13.8. The number of carboxylic acid groups (broad SMARTS) is 1. The molecule has 0 aliphatic rings. The van der Waals surface area contributed by atoms with Gasteiger partial charge in [0.25, 0.3) is 0 Å². The number of benzene rings is 1. The fourth-order valence-electron chi connectivity index (χ4n) is 1.68. The van der Waals surface area contributed by atoms with E-state index in [1.807, 2.05) is 0 Å². The van der Waals surface area contributed by atoms with Crippen LogP contribution in [0.4, 0.5) is 0 Å². The number of nitrogens with zero attached hydrogens (tertiary/aromatic N) is 2. The number of carbonyl (C=O) groups is 1. The fraction of sp³-hybridized carbons (Fsp3) is 0.182. The molecule has 2 aromatic rings. The molecule has 1 heterocycles. The normalized spacial score (nSPS) is 12.1. The molecule has 8 heteroatoms. The van der Waals surface area contributed by atoms with E-state index in [1.54, 1.807) is 18.2 Å². The number of halogens is 1. The molecule has 19 heavy (non-hydrogen) atoms. The van der Waals surface area contributed by atoms with Crippen molar-refractivity contribution in [2.75, 3.05) is 0 Å². The summed E-state index contributed by atoms with van der Waals surface area (Å²) >= 11 is 5.86. The Morgan fingerprint density at radius 2 is 2.37 bits per heavy atom. The fourth-order valence-corrected chi connectivity index (χ4v) is 2.15. The van der Waals surface area contributed by atoms with Gasteiger partial charge in [-0.3, -0.25) is 0 Å². The molecule has 3 N–H and O–H groups in total. The van der Waals surface area contributed by atoms with Crippen LogP contribution in [0.5, 0.6) is 0 Å². The van der Waals surface area contributed by atoms with Crippen molar-refractivity contribution in [3.8, 4) is 5.75 Å². The Balaban J connectivity index is 2.58. The molecule has 0 aliphatic carbocycles. The van der Waals surface area contributed by atoms with Crippen LogP contribution < -0.4 is 5.73 Å². The monoisotopic (exact) mass is 297 g/mol. The van der Waals surface area contributed by atoms with E-state index in [0.717, 1.165) is 0 Å². The predicted molar refractivity (Wildman–Crippen MR) is 71.0 cm³/mol. The summed E-state index contributed by atoms with van der Waals surface area (Å²) in [6, 6.07) is 3.90. The third-order valence-electron chi connectivity index (χ3n) is 2.55. The number of hydrogen-bond acceptors (Lipinski definition) is 4. The molecule has 0 aliphatic heterocycles. The van der Waals surface area contributed by atoms with Crippen LogP contribution in [0.1, 0.15) is 5.82 Å². The second-order valence-electron chi connectivity index (χ2n) is 3.84. The molecule has 0 bridgehead atoms. The van der Waals surface area contributed by atoms with Crippen LogP contribution in [0.2, 0.25) is 5.02 Å². The first-order valence-electron chi connectivity index (χ1n) is 5.26. The van der Waals surface area contributed by atoms with E-state index in [9.17, 15) is 9.36 Å². The molecule has 1 aromatic carbocycles. The molecular formula is C11H9ClN3O3P. The minimum atomic E-state index is -1.13. The van der Waals surface area contributed by atoms with Gasteiger partial charge in [-0.15, -0.1) is 0 Å². The van der Waals surface area contributed by atoms with Gasteiger partial charge in [0.2, 0.25) is 0 Å². The van der Waals surface area contributed by atoms with Crippen molar-refractivity contribution in [1.29, 1.82) is 0 Å². The van der Waals surface area contributed by atoms with Gasteiger partial charge in [0.1, 0.15) is 0 Å². The maximum atomic E-state index is 10.8. The molecule has 0 spiro atoms. The van der Waals surface area contributed by atoms with Crippen molar-refractivity contribution in [2.24, 2.45) is 5.73 Å². The van der Waals surface area contributed by atoms with Crippen LogP contribution in [0.25, 0.3) is 11.0 Å². The zero-order valence-corrected chi connectivity index (χ0v) is 11.2. The topological polar surface area (TPSA) is 98.2 Å². The summed E-state index contributed by atoms with van der Waals surface area (Å²) in [6.07, 6.45) is 0.00412. The van der Waals surface area contributed by atoms with E-state index in [0.29, 0.717) is 21.9 Å². The van der Waals surface area contributed by atoms with Gasteiger partial charge in [0.05, 0.1) is 0 Å². The van der Waals surface area contributed by atoms with E-state index < -0.39 is 12.0 Å². The average Bonchev–Trinajstić information content (AvgIpc) is 2.67. The second-order valence-corrected chi connectivity index (χ2v) is 4.66. The summed E-state index contributed by atoms with van der Waals surface area (Å²) in [5.41, 5.74) is 6.68. The second kappa shape index (κ2) is 5.59. The summed E-state index contributed by atoms with van der Waals surface area (Å²) in [5, 5.41) is 9.32. The summed E-state index contributed by atoms with van der Waals surface area (Å²) in [7, 11) is -0.334. The Labute approximate surface area is 114 Å². The van der Waals surface area contributed by atoms with Gasteiger partial charge in [-0.05, 0) is 0 Å². The Hall–Kier alpha value is -1.58. The van der Waals surface area contributed by atoms with E-state index >= 15 is 0 Å². The van der Waals surface area contributed by atoms with Gasteiger partial charge in [-0.1, -0.05) is 0 Å². The van der Waals surface area contributed by atoms with Gasteiger partial charge in [-0.25, -0.2) is 0 Å². The number of aliphatic carboxylic acids is 1. The number of carboxylic acids is 1. The van der Waals surface area contributed by atoms with Crippen LogP contribution >= 0.6 is 19.5 Å². The Morgan fingerprint density at radius 1 is 1.63 bits per heavy atom. The molecule has 98 valence electrons. The zero-order valence-electron chi connectivity index (χ0n) is 9.58. The number of fused-ring (bicyclic) bond motifs is 1. The Bertz CT molecular complexity index is 753. The SMILES string of the molecule is NC(Cc1nc2cc(Cl)ccc2n1C#P=O)C(=O)O. The van der Waals surface area contributed by atoms with Gasteiger partial charge in [-0.2, -0.15) is 0 Å².